The number of anilines is 1. The number of ether oxygens (including phenoxy) is 1. The number of thiophene rings is 1. The van der Waals surface area contributed by atoms with Crippen LogP contribution >= 0.6 is 11.3 Å². The van der Waals surface area contributed by atoms with Crippen molar-refractivity contribution in [2.75, 3.05) is 18.5 Å². The highest BCUT2D eigenvalue weighted by atomic mass is 32.2. The fourth-order valence-electron chi connectivity index (χ4n) is 2.91. The Morgan fingerprint density at radius 3 is 2.45 bits per heavy atom. The van der Waals surface area contributed by atoms with Crippen LogP contribution in [0.1, 0.15) is 22.2 Å². The Bertz CT molecular complexity index is 1140. The predicted octanol–water partition coefficient (Wildman–Crippen LogP) is 4.73. The summed E-state index contributed by atoms with van der Waals surface area (Å²) in [6.07, 6.45) is 0.831. The zero-order valence-corrected chi connectivity index (χ0v) is 17.8. The van der Waals surface area contributed by atoms with Crippen molar-refractivity contribution in [2.45, 2.75) is 18.2 Å². The van der Waals surface area contributed by atoms with Gasteiger partial charge in [-0.05, 0) is 41.8 Å². The molecule has 0 amide bonds. The van der Waals surface area contributed by atoms with Crippen LogP contribution in [0.4, 0.5) is 10.1 Å². The van der Waals surface area contributed by atoms with Gasteiger partial charge in [0.25, 0.3) is 10.0 Å². The molecule has 2 aromatic carbocycles. The highest BCUT2D eigenvalue weighted by Gasteiger charge is 2.33. The molecule has 8 heteroatoms. The minimum Gasteiger partial charge on any atom is -0.465 e. The highest BCUT2D eigenvalue weighted by molar-refractivity contribution is 7.93. The van der Waals surface area contributed by atoms with E-state index in [9.17, 15) is 17.6 Å². The molecule has 0 atom stereocenters. The Hall–Kier alpha value is -2.71. The van der Waals surface area contributed by atoms with Crippen LogP contribution in [0.2, 0.25) is 0 Å². The van der Waals surface area contributed by atoms with E-state index in [-0.39, 0.29) is 15.3 Å². The Balaban J connectivity index is 2.18. The van der Waals surface area contributed by atoms with Gasteiger partial charge >= 0.3 is 5.97 Å². The topological polar surface area (TPSA) is 63.7 Å². The molecule has 0 fully saturated rings. The van der Waals surface area contributed by atoms with Gasteiger partial charge in [-0.3, -0.25) is 4.31 Å². The number of aryl methyl sites for hydroxylation is 1. The SMILES string of the molecule is CCc1ccc(N(C)S(=O)(=O)c2c(-c3cccc(F)c3)csc2C(=O)OC)cc1. The first-order chi connectivity index (χ1) is 13.8. The third-order valence-corrected chi connectivity index (χ3v) is 7.54. The van der Waals surface area contributed by atoms with Gasteiger partial charge in [0.2, 0.25) is 0 Å². The van der Waals surface area contributed by atoms with Crippen molar-refractivity contribution in [3.63, 3.8) is 0 Å². The molecule has 3 rings (SSSR count). The van der Waals surface area contributed by atoms with Gasteiger partial charge < -0.3 is 4.74 Å². The van der Waals surface area contributed by atoms with Gasteiger partial charge in [-0.1, -0.05) is 31.2 Å². The molecule has 0 saturated heterocycles. The van der Waals surface area contributed by atoms with Crippen molar-refractivity contribution >= 4 is 33.0 Å². The van der Waals surface area contributed by atoms with Crippen LogP contribution in [0.25, 0.3) is 11.1 Å². The van der Waals surface area contributed by atoms with E-state index in [4.69, 9.17) is 4.74 Å². The quantitative estimate of drug-likeness (QED) is 0.527. The molecule has 3 aromatic rings. The lowest BCUT2D eigenvalue weighted by Crippen LogP contribution is -2.28. The van der Waals surface area contributed by atoms with Gasteiger partial charge in [0.05, 0.1) is 12.8 Å². The maximum Gasteiger partial charge on any atom is 0.349 e. The van der Waals surface area contributed by atoms with Crippen LogP contribution in [0.5, 0.6) is 0 Å². The maximum absolute atomic E-state index is 13.8. The van der Waals surface area contributed by atoms with Crippen molar-refractivity contribution in [1.82, 2.24) is 0 Å². The predicted molar refractivity (Wildman–Crippen MR) is 112 cm³/mol. The smallest absolute Gasteiger partial charge is 0.349 e. The Morgan fingerprint density at radius 2 is 1.86 bits per heavy atom. The molecule has 0 aliphatic rings. The molecule has 0 bridgehead atoms. The van der Waals surface area contributed by atoms with E-state index < -0.39 is 21.8 Å². The van der Waals surface area contributed by atoms with E-state index in [0.29, 0.717) is 11.3 Å². The number of nitrogens with zero attached hydrogens (tertiary/aromatic N) is 1. The summed E-state index contributed by atoms with van der Waals surface area (Å²) in [6.45, 7) is 2.01. The zero-order chi connectivity index (χ0) is 21.2. The number of methoxy groups -OCH3 is 1. The molecule has 0 saturated carbocycles. The number of esters is 1. The van der Waals surface area contributed by atoms with Crippen LogP contribution < -0.4 is 4.31 Å². The minimum atomic E-state index is -4.13. The summed E-state index contributed by atoms with van der Waals surface area (Å²) in [7, 11) is -1.52. The third kappa shape index (κ3) is 4.04. The monoisotopic (exact) mass is 433 g/mol. The lowest BCUT2D eigenvalue weighted by molar-refractivity contribution is 0.0602. The van der Waals surface area contributed by atoms with Crippen LogP contribution in [0.15, 0.2) is 58.8 Å². The molecule has 5 nitrogen and oxygen atoms in total. The highest BCUT2D eigenvalue weighted by Crippen LogP contribution is 2.38. The van der Waals surface area contributed by atoms with Crippen LogP contribution in [-0.2, 0) is 21.2 Å². The van der Waals surface area contributed by atoms with Gasteiger partial charge in [0.15, 0.2) is 0 Å². The molecule has 0 spiro atoms. The molecule has 0 aliphatic carbocycles. The number of rotatable bonds is 6. The second kappa shape index (κ2) is 8.34. The van der Waals surface area contributed by atoms with Crippen LogP contribution in [0.3, 0.4) is 0 Å². The molecule has 1 heterocycles. The first kappa shape index (κ1) is 21.0. The third-order valence-electron chi connectivity index (χ3n) is 4.58. The van der Waals surface area contributed by atoms with Crippen LogP contribution in [0, 0.1) is 5.82 Å². The van der Waals surface area contributed by atoms with Crippen molar-refractivity contribution in [3.8, 4) is 11.1 Å². The lowest BCUT2D eigenvalue weighted by atomic mass is 10.1. The molecule has 0 aliphatic heterocycles. The lowest BCUT2D eigenvalue weighted by Gasteiger charge is -2.21. The summed E-state index contributed by atoms with van der Waals surface area (Å²) in [6, 6.07) is 12.7. The molecular formula is C21H20FNO4S2. The fraction of sp³-hybridized carbons (Fsp3) is 0.190. The summed E-state index contributed by atoms with van der Waals surface area (Å²) < 4.78 is 46.6. The van der Waals surface area contributed by atoms with Crippen molar-refractivity contribution in [1.29, 1.82) is 0 Å². The number of carbonyl (C=O) groups is 1. The van der Waals surface area contributed by atoms with Gasteiger partial charge in [-0.15, -0.1) is 11.3 Å². The average Bonchev–Trinajstić information content (AvgIpc) is 3.19. The normalized spacial score (nSPS) is 11.3. The first-order valence-corrected chi connectivity index (χ1v) is 11.1. The number of carbonyl (C=O) groups excluding carboxylic acids is 1. The number of hydrogen-bond donors (Lipinski definition) is 0. The molecule has 0 N–H and O–H groups in total. The van der Waals surface area contributed by atoms with Crippen molar-refractivity contribution in [3.05, 3.63) is 70.2 Å². The van der Waals surface area contributed by atoms with E-state index >= 15 is 0 Å². The molecule has 152 valence electrons. The van der Waals surface area contributed by atoms with E-state index in [1.165, 1.54) is 37.7 Å². The second-order valence-corrected chi connectivity index (χ2v) is 9.09. The van der Waals surface area contributed by atoms with Gasteiger partial charge in [-0.25, -0.2) is 17.6 Å². The molecule has 0 radical (unpaired) electrons. The molecule has 1 aromatic heterocycles. The van der Waals surface area contributed by atoms with Gasteiger partial charge in [-0.2, -0.15) is 0 Å². The number of halogens is 1. The average molecular weight is 434 g/mol. The van der Waals surface area contributed by atoms with E-state index in [0.717, 1.165) is 27.6 Å². The summed E-state index contributed by atoms with van der Waals surface area (Å²) in [5, 5.41) is 1.53. The maximum atomic E-state index is 13.8. The Morgan fingerprint density at radius 1 is 1.17 bits per heavy atom. The van der Waals surface area contributed by atoms with E-state index in [1.54, 1.807) is 18.2 Å². The summed E-state index contributed by atoms with van der Waals surface area (Å²) in [5.41, 5.74) is 2.15. The van der Waals surface area contributed by atoms with Crippen molar-refractivity contribution < 1.29 is 22.3 Å². The first-order valence-electron chi connectivity index (χ1n) is 8.83. The number of hydrogen-bond acceptors (Lipinski definition) is 5. The van der Waals surface area contributed by atoms with Gasteiger partial charge in [0, 0.05) is 18.0 Å². The Kier molecular flexibility index (Phi) is 6.04. The summed E-state index contributed by atoms with van der Waals surface area (Å²) in [4.78, 5) is 12.0. The summed E-state index contributed by atoms with van der Waals surface area (Å²) >= 11 is 0.952. The Labute approximate surface area is 173 Å². The largest absolute Gasteiger partial charge is 0.465 e. The fourth-order valence-corrected chi connectivity index (χ4v) is 5.78. The second-order valence-electron chi connectivity index (χ2n) is 6.30. The van der Waals surface area contributed by atoms with E-state index in [2.05, 4.69) is 0 Å². The zero-order valence-electron chi connectivity index (χ0n) is 16.2. The number of sulfonamides is 1. The molecule has 29 heavy (non-hydrogen) atoms. The molecular weight excluding hydrogens is 413 g/mol. The van der Waals surface area contributed by atoms with Crippen LogP contribution in [-0.4, -0.2) is 28.5 Å². The van der Waals surface area contributed by atoms with Gasteiger partial charge in [0.1, 0.15) is 15.6 Å². The molecule has 0 unspecified atom stereocenters. The van der Waals surface area contributed by atoms with E-state index in [1.807, 2.05) is 19.1 Å². The van der Waals surface area contributed by atoms with Crippen molar-refractivity contribution in [2.24, 2.45) is 0 Å². The summed E-state index contributed by atoms with van der Waals surface area (Å²) in [5.74, 6) is -1.26. The standard InChI is InChI=1S/C21H20FNO4S2/c1-4-14-8-10-17(11-9-14)23(2)29(25,26)20-18(13-28-19(20)21(24)27-3)15-6-5-7-16(22)12-15/h5-13H,4H2,1-3H3. The number of benzene rings is 2. The minimum absolute atomic E-state index is 0.0520.